The summed E-state index contributed by atoms with van der Waals surface area (Å²) in [6.07, 6.45) is 0. The average Bonchev–Trinajstić information content (AvgIpc) is 2.43. The van der Waals surface area contributed by atoms with Crippen LogP contribution in [0.5, 0.6) is 11.5 Å². The van der Waals surface area contributed by atoms with E-state index >= 15 is 0 Å². The molecule has 0 fully saturated rings. The van der Waals surface area contributed by atoms with Crippen LogP contribution in [0.15, 0.2) is 24.3 Å². The second-order valence-corrected chi connectivity index (χ2v) is 5.80. The van der Waals surface area contributed by atoms with Crippen molar-refractivity contribution in [2.24, 2.45) is 5.92 Å². The van der Waals surface area contributed by atoms with Gasteiger partial charge < -0.3 is 19.9 Å². The minimum Gasteiger partial charge on any atom is -0.493 e. The van der Waals surface area contributed by atoms with Crippen molar-refractivity contribution >= 4 is 11.9 Å². The molecule has 0 aliphatic carbocycles. The predicted molar refractivity (Wildman–Crippen MR) is 82.1 cm³/mol. The van der Waals surface area contributed by atoms with Crippen LogP contribution in [0.3, 0.4) is 0 Å². The third kappa shape index (κ3) is 4.38. The molecule has 1 amide bonds. The monoisotopic (exact) mass is 309 g/mol. The predicted octanol–water partition coefficient (Wildman–Crippen LogP) is 2.08. The second-order valence-electron chi connectivity index (χ2n) is 5.80. The van der Waals surface area contributed by atoms with Gasteiger partial charge in [0.05, 0.1) is 7.11 Å². The molecule has 6 nitrogen and oxygen atoms in total. The van der Waals surface area contributed by atoms with Gasteiger partial charge in [-0.3, -0.25) is 4.79 Å². The first-order valence-corrected chi connectivity index (χ1v) is 7.05. The van der Waals surface area contributed by atoms with Crippen LogP contribution in [-0.2, 0) is 9.59 Å². The molecule has 1 rings (SSSR count). The first kappa shape index (κ1) is 17.8. The van der Waals surface area contributed by atoms with Crippen LogP contribution in [0.1, 0.15) is 27.7 Å². The van der Waals surface area contributed by atoms with E-state index < -0.39 is 23.5 Å². The van der Waals surface area contributed by atoms with Crippen molar-refractivity contribution in [3.63, 3.8) is 0 Å². The van der Waals surface area contributed by atoms with Crippen LogP contribution in [0.4, 0.5) is 0 Å². The zero-order valence-corrected chi connectivity index (χ0v) is 13.5. The summed E-state index contributed by atoms with van der Waals surface area (Å²) in [5, 5.41) is 11.7. The van der Waals surface area contributed by atoms with Crippen LogP contribution < -0.4 is 14.8 Å². The number of rotatable bonds is 7. The van der Waals surface area contributed by atoms with E-state index in [4.69, 9.17) is 14.6 Å². The number of carbonyl (C=O) groups excluding carboxylic acids is 1. The third-order valence-electron chi connectivity index (χ3n) is 3.20. The number of aliphatic carboxylic acids is 1. The standard InChI is InChI=1S/C16H23NO5/c1-10(2)13(14(18)19)17-15(20)16(3,4)22-12-9-7-6-8-11(12)21-5/h6-10,13H,1-5H3,(H,17,20)(H,18,19). The van der Waals surface area contributed by atoms with Crippen molar-refractivity contribution in [1.29, 1.82) is 0 Å². The van der Waals surface area contributed by atoms with Crippen molar-refractivity contribution in [2.45, 2.75) is 39.3 Å². The summed E-state index contributed by atoms with van der Waals surface area (Å²) >= 11 is 0. The van der Waals surface area contributed by atoms with Crippen molar-refractivity contribution in [3.05, 3.63) is 24.3 Å². The SMILES string of the molecule is COc1ccccc1OC(C)(C)C(=O)NC(C(=O)O)C(C)C. The van der Waals surface area contributed by atoms with E-state index in [9.17, 15) is 9.59 Å². The summed E-state index contributed by atoms with van der Waals surface area (Å²) < 4.78 is 10.9. The lowest BCUT2D eigenvalue weighted by Crippen LogP contribution is -2.53. The largest absolute Gasteiger partial charge is 0.493 e. The van der Waals surface area contributed by atoms with E-state index in [1.165, 1.54) is 7.11 Å². The summed E-state index contributed by atoms with van der Waals surface area (Å²) in [4.78, 5) is 23.5. The molecule has 1 atom stereocenters. The molecule has 122 valence electrons. The molecule has 0 bridgehead atoms. The van der Waals surface area contributed by atoms with Crippen LogP contribution in [0.2, 0.25) is 0 Å². The zero-order valence-electron chi connectivity index (χ0n) is 13.5. The Morgan fingerprint density at radius 3 is 2.18 bits per heavy atom. The summed E-state index contributed by atoms with van der Waals surface area (Å²) in [6.45, 7) is 6.61. The Hall–Kier alpha value is -2.24. The van der Waals surface area contributed by atoms with Crippen molar-refractivity contribution in [2.75, 3.05) is 7.11 Å². The fraction of sp³-hybridized carbons (Fsp3) is 0.500. The minimum absolute atomic E-state index is 0.233. The Bertz CT molecular complexity index is 539. The Kier molecular flexibility index (Phi) is 5.79. The maximum Gasteiger partial charge on any atom is 0.326 e. The van der Waals surface area contributed by atoms with E-state index in [0.29, 0.717) is 11.5 Å². The van der Waals surface area contributed by atoms with Gasteiger partial charge in [-0.2, -0.15) is 0 Å². The number of nitrogens with one attached hydrogen (secondary N) is 1. The lowest BCUT2D eigenvalue weighted by molar-refractivity contribution is -0.146. The van der Waals surface area contributed by atoms with Crippen LogP contribution in [0.25, 0.3) is 0 Å². The molecule has 0 saturated heterocycles. The molecule has 0 aliphatic rings. The number of amides is 1. The number of methoxy groups -OCH3 is 1. The Morgan fingerprint density at radius 1 is 1.18 bits per heavy atom. The Balaban J connectivity index is 2.89. The fourth-order valence-corrected chi connectivity index (χ4v) is 1.85. The molecule has 22 heavy (non-hydrogen) atoms. The summed E-state index contributed by atoms with van der Waals surface area (Å²) in [5.74, 6) is -0.886. The van der Waals surface area contributed by atoms with E-state index in [-0.39, 0.29) is 5.92 Å². The molecule has 0 saturated carbocycles. The molecule has 2 N–H and O–H groups in total. The molecule has 1 unspecified atom stereocenters. The number of hydrogen-bond donors (Lipinski definition) is 2. The van der Waals surface area contributed by atoms with Crippen LogP contribution in [0, 0.1) is 5.92 Å². The Morgan fingerprint density at radius 2 is 1.73 bits per heavy atom. The van der Waals surface area contributed by atoms with Gasteiger partial charge in [0.1, 0.15) is 6.04 Å². The number of hydrogen-bond acceptors (Lipinski definition) is 4. The van der Waals surface area contributed by atoms with E-state index in [0.717, 1.165) is 0 Å². The second kappa shape index (κ2) is 7.15. The Labute approximate surface area is 130 Å². The van der Waals surface area contributed by atoms with Crippen LogP contribution in [-0.4, -0.2) is 35.7 Å². The van der Waals surface area contributed by atoms with E-state index in [2.05, 4.69) is 5.32 Å². The third-order valence-corrected chi connectivity index (χ3v) is 3.20. The number of carbonyl (C=O) groups is 2. The molecular weight excluding hydrogens is 286 g/mol. The molecule has 0 heterocycles. The molecule has 0 aromatic heterocycles. The molecule has 0 radical (unpaired) electrons. The molecule has 6 heteroatoms. The summed E-state index contributed by atoms with van der Waals surface area (Å²) in [6, 6.07) is 5.99. The maximum absolute atomic E-state index is 12.3. The quantitative estimate of drug-likeness (QED) is 0.805. The molecule has 1 aromatic carbocycles. The van der Waals surface area contributed by atoms with Gasteiger partial charge in [0, 0.05) is 0 Å². The van der Waals surface area contributed by atoms with Crippen LogP contribution >= 0.6 is 0 Å². The van der Waals surface area contributed by atoms with Gasteiger partial charge in [-0.25, -0.2) is 4.79 Å². The number of carboxylic acid groups (broad SMARTS) is 1. The highest BCUT2D eigenvalue weighted by Crippen LogP contribution is 2.29. The maximum atomic E-state index is 12.3. The minimum atomic E-state index is -1.24. The van der Waals surface area contributed by atoms with Crippen molar-refractivity contribution in [1.82, 2.24) is 5.32 Å². The van der Waals surface area contributed by atoms with Gasteiger partial charge in [-0.05, 0) is 31.9 Å². The number of benzene rings is 1. The lowest BCUT2D eigenvalue weighted by atomic mass is 10.0. The van der Waals surface area contributed by atoms with Crippen molar-refractivity contribution < 1.29 is 24.2 Å². The molecule has 0 aliphatic heterocycles. The van der Waals surface area contributed by atoms with Gasteiger partial charge in [0.2, 0.25) is 0 Å². The summed E-state index contributed by atoms with van der Waals surface area (Å²) in [7, 11) is 1.51. The van der Waals surface area contributed by atoms with Gasteiger partial charge in [0.15, 0.2) is 17.1 Å². The van der Waals surface area contributed by atoms with Gasteiger partial charge in [-0.15, -0.1) is 0 Å². The first-order valence-electron chi connectivity index (χ1n) is 7.05. The van der Waals surface area contributed by atoms with Gasteiger partial charge in [0.25, 0.3) is 5.91 Å². The van der Waals surface area contributed by atoms with E-state index in [1.807, 2.05) is 0 Å². The smallest absolute Gasteiger partial charge is 0.326 e. The summed E-state index contributed by atoms with van der Waals surface area (Å²) in [5.41, 5.74) is -1.24. The first-order chi connectivity index (χ1) is 10.2. The van der Waals surface area contributed by atoms with Crippen molar-refractivity contribution in [3.8, 4) is 11.5 Å². The van der Waals surface area contributed by atoms with Gasteiger partial charge in [-0.1, -0.05) is 26.0 Å². The number of carboxylic acids is 1. The van der Waals surface area contributed by atoms with Gasteiger partial charge >= 0.3 is 5.97 Å². The fourth-order valence-electron chi connectivity index (χ4n) is 1.85. The highest BCUT2D eigenvalue weighted by atomic mass is 16.5. The lowest BCUT2D eigenvalue weighted by Gasteiger charge is -2.28. The average molecular weight is 309 g/mol. The molecular formula is C16H23NO5. The van der Waals surface area contributed by atoms with E-state index in [1.54, 1.807) is 52.0 Å². The zero-order chi connectivity index (χ0) is 16.9. The molecule has 0 spiro atoms. The highest BCUT2D eigenvalue weighted by molar-refractivity contribution is 5.89. The highest BCUT2D eigenvalue weighted by Gasteiger charge is 2.35. The number of para-hydroxylation sites is 2. The molecule has 1 aromatic rings. The number of ether oxygens (including phenoxy) is 2. The topological polar surface area (TPSA) is 84.9 Å². The normalized spacial score (nSPS) is 12.6.